The second-order valence-corrected chi connectivity index (χ2v) is 6.58. The van der Waals surface area contributed by atoms with Crippen LogP contribution in [-0.4, -0.2) is 17.4 Å². The molecule has 1 amide bonds. The molecule has 0 unspecified atom stereocenters. The molecule has 1 aliphatic carbocycles. The van der Waals surface area contributed by atoms with Crippen LogP contribution in [0.4, 0.5) is 0 Å². The van der Waals surface area contributed by atoms with E-state index in [2.05, 4.69) is 34.7 Å². The lowest BCUT2D eigenvalue weighted by Crippen LogP contribution is -2.32. The molecule has 3 nitrogen and oxygen atoms in total. The van der Waals surface area contributed by atoms with Crippen LogP contribution in [0.2, 0.25) is 0 Å². The Labute approximate surface area is 135 Å². The predicted molar refractivity (Wildman–Crippen MR) is 92.7 cm³/mol. The molecule has 0 radical (unpaired) electrons. The smallest absolute Gasteiger partial charge is 0.251 e. The fourth-order valence-electron chi connectivity index (χ4n) is 3.34. The Bertz CT molecular complexity index is 874. The summed E-state index contributed by atoms with van der Waals surface area (Å²) in [6.45, 7) is 2.70. The molecule has 1 aromatic heterocycles. The number of aryl methyl sites for hydroxylation is 1. The summed E-state index contributed by atoms with van der Waals surface area (Å²) in [5, 5.41) is 4.40. The average Bonchev–Trinajstić information content (AvgIpc) is 3.23. The van der Waals surface area contributed by atoms with Gasteiger partial charge in [-0.3, -0.25) is 4.79 Å². The summed E-state index contributed by atoms with van der Waals surface area (Å²) in [6.07, 6.45) is 4.36. The Balaban J connectivity index is 1.53. The van der Waals surface area contributed by atoms with Crippen LogP contribution >= 0.6 is 0 Å². The van der Waals surface area contributed by atoms with Crippen molar-refractivity contribution >= 4 is 16.8 Å². The van der Waals surface area contributed by atoms with Crippen molar-refractivity contribution in [2.45, 2.75) is 25.2 Å². The van der Waals surface area contributed by atoms with E-state index in [4.69, 9.17) is 0 Å². The molecular formula is C20H20N2O. The van der Waals surface area contributed by atoms with Crippen molar-refractivity contribution in [1.82, 2.24) is 10.3 Å². The third-order valence-electron chi connectivity index (χ3n) is 4.88. The first-order valence-electron chi connectivity index (χ1n) is 8.09. The van der Waals surface area contributed by atoms with Crippen molar-refractivity contribution in [3.8, 4) is 0 Å². The van der Waals surface area contributed by atoms with Crippen molar-refractivity contribution in [2.75, 3.05) is 6.54 Å². The van der Waals surface area contributed by atoms with Gasteiger partial charge < -0.3 is 10.3 Å². The normalized spacial score (nSPS) is 15.5. The van der Waals surface area contributed by atoms with Crippen LogP contribution in [0.15, 0.2) is 54.7 Å². The molecule has 1 saturated carbocycles. The SMILES string of the molecule is Cc1cccc(C(=O)NCC2(c3c[nH]c4ccccc34)CC2)c1. The molecule has 0 bridgehead atoms. The van der Waals surface area contributed by atoms with Crippen molar-refractivity contribution in [3.05, 3.63) is 71.4 Å². The lowest BCUT2D eigenvalue weighted by atomic mass is 9.95. The lowest BCUT2D eigenvalue weighted by Gasteiger charge is -2.16. The number of fused-ring (bicyclic) bond motifs is 1. The van der Waals surface area contributed by atoms with E-state index < -0.39 is 0 Å². The van der Waals surface area contributed by atoms with Gasteiger partial charge in [0.15, 0.2) is 0 Å². The number of amides is 1. The summed E-state index contributed by atoms with van der Waals surface area (Å²) in [6, 6.07) is 16.1. The highest BCUT2D eigenvalue weighted by atomic mass is 16.1. The molecule has 0 saturated heterocycles. The van der Waals surface area contributed by atoms with Gasteiger partial charge in [-0.1, -0.05) is 35.9 Å². The summed E-state index contributed by atoms with van der Waals surface area (Å²) in [5.41, 5.74) is 4.44. The number of H-pyrrole nitrogens is 1. The molecule has 23 heavy (non-hydrogen) atoms. The number of para-hydroxylation sites is 1. The van der Waals surface area contributed by atoms with Crippen LogP contribution in [0.3, 0.4) is 0 Å². The summed E-state index contributed by atoms with van der Waals surface area (Å²) < 4.78 is 0. The second kappa shape index (κ2) is 5.27. The number of carbonyl (C=O) groups is 1. The van der Waals surface area contributed by atoms with Gasteiger partial charge in [0, 0.05) is 34.6 Å². The van der Waals surface area contributed by atoms with E-state index in [0.717, 1.165) is 24.0 Å². The van der Waals surface area contributed by atoms with Gasteiger partial charge in [-0.25, -0.2) is 0 Å². The average molecular weight is 304 g/mol. The highest BCUT2D eigenvalue weighted by molar-refractivity contribution is 5.94. The standard InChI is InChI=1S/C20H20N2O/c1-14-5-4-6-15(11-14)19(23)22-13-20(9-10-20)17-12-21-18-8-3-2-7-16(17)18/h2-8,11-12,21H,9-10,13H2,1H3,(H,22,23). The predicted octanol–water partition coefficient (Wildman–Crippen LogP) is 3.94. The highest BCUT2D eigenvalue weighted by Gasteiger charge is 2.45. The van der Waals surface area contributed by atoms with E-state index in [1.54, 1.807) is 0 Å². The monoisotopic (exact) mass is 304 g/mol. The quantitative estimate of drug-likeness (QED) is 0.753. The highest BCUT2D eigenvalue weighted by Crippen LogP contribution is 2.49. The van der Waals surface area contributed by atoms with Gasteiger partial charge in [0.25, 0.3) is 5.91 Å². The Morgan fingerprint density at radius 2 is 2.00 bits per heavy atom. The molecule has 116 valence electrons. The third kappa shape index (κ3) is 2.52. The maximum absolute atomic E-state index is 12.4. The van der Waals surface area contributed by atoms with Crippen molar-refractivity contribution in [3.63, 3.8) is 0 Å². The first kappa shape index (κ1) is 14.1. The topological polar surface area (TPSA) is 44.9 Å². The van der Waals surface area contributed by atoms with E-state index >= 15 is 0 Å². The maximum atomic E-state index is 12.4. The molecule has 3 heteroatoms. The number of carbonyl (C=O) groups excluding carboxylic acids is 1. The Kier molecular flexibility index (Phi) is 3.22. The zero-order chi connectivity index (χ0) is 15.9. The maximum Gasteiger partial charge on any atom is 0.251 e. The van der Waals surface area contributed by atoms with Crippen molar-refractivity contribution < 1.29 is 4.79 Å². The molecule has 0 atom stereocenters. The molecule has 0 spiro atoms. The molecule has 1 heterocycles. The Morgan fingerprint density at radius 3 is 2.78 bits per heavy atom. The molecule has 4 rings (SSSR count). The minimum absolute atomic E-state index is 0.0137. The molecular weight excluding hydrogens is 284 g/mol. The first-order valence-corrected chi connectivity index (χ1v) is 8.09. The van der Waals surface area contributed by atoms with Crippen LogP contribution in [0.5, 0.6) is 0 Å². The van der Waals surface area contributed by atoms with Crippen LogP contribution in [0, 0.1) is 6.92 Å². The van der Waals surface area contributed by atoms with Gasteiger partial charge in [-0.15, -0.1) is 0 Å². The summed E-state index contributed by atoms with van der Waals surface area (Å²) in [4.78, 5) is 15.7. The fraction of sp³-hybridized carbons (Fsp3) is 0.250. The number of nitrogens with one attached hydrogen (secondary N) is 2. The molecule has 2 aromatic carbocycles. The van der Waals surface area contributed by atoms with E-state index in [9.17, 15) is 4.79 Å². The third-order valence-corrected chi connectivity index (χ3v) is 4.88. The minimum Gasteiger partial charge on any atom is -0.361 e. The number of rotatable bonds is 4. The molecule has 1 fully saturated rings. The van der Waals surface area contributed by atoms with E-state index in [0.29, 0.717) is 6.54 Å². The second-order valence-electron chi connectivity index (χ2n) is 6.58. The lowest BCUT2D eigenvalue weighted by molar-refractivity contribution is 0.0949. The van der Waals surface area contributed by atoms with Gasteiger partial charge in [-0.2, -0.15) is 0 Å². The van der Waals surface area contributed by atoms with Gasteiger partial charge in [-0.05, 0) is 43.5 Å². The van der Waals surface area contributed by atoms with Gasteiger partial charge in [0.05, 0.1) is 0 Å². The summed E-state index contributed by atoms with van der Waals surface area (Å²) >= 11 is 0. The van der Waals surface area contributed by atoms with Gasteiger partial charge >= 0.3 is 0 Å². The summed E-state index contributed by atoms with van der Waals surface area (Å²) in [7, 11) is 0. The first-order chi connectivity index (χ1) is 11.2. The molecule has 2 N–H and O–H groups in total. The molecule has 0 aliphatic heterocycles. The largest absolute Gasteiger partial charge is 0.361 e. The van der Waals surface area contributed by atoms with Crippen LogP contribution in [-0.2, 0) is 5.41 Å². The van der Waals surface area contributed by atoms with E-state index in [1.165, 1.54) is 16.5 Å². The van der Waals surface area contributed by atoms with Crippen LogP contribution in [0.1, 0.15) is 34.3 Å². The Hall–Kier alpha value is -2.55. The number of hydrogen-bond acceptors (Lipinski definition) is 1. The van der Waals surface area contributed by atoms with Gasteiger partial charge in [0.2, 0.25) is 0 Å². The Morgan fingerprint density at radius 1 is 1.17 bits per heavy atom. The van der Waals surface area contributed by atoms with Crippen LogP contribution < -0.4 is 5.32 Å². The van der Waals surface area contributed by atoms with E-state index in [1.807, 2.05) is 37.3 Å². The fourth-order valence-corrected chi connectivity index (χ4v) is 3.34. The zero-order valence-electron chi connectivity index (χ0n) is 13.2. The number of benzene rings is 2. The zero-order valence-corrected chi connectivity index (χ0v) is 13.2. The molecule has 3 aromatic rings. The summed E-state index contributed by atoms with van der Waals surface area (Å²) in [5.74, 6) is 0.0137. The number of aromatic amines is 1. The number of aromatic nitrogens is 1. The van der Waals surface area contributed by atoms with Crippen molar-refractivity contribution in [2.24, 2.45) is 0 Å². The minimum atomic E-state index is 0.0137. The van der Waals surface area contributed by atoms with Crippen LogP contribution in [0.25, 0.3) is 10.9 Å². The van der Waals surface area contributed by atoms with Gasteiger partial charge in [0.1, 0.15) is 0 Å². The van der Waals surface area contributed by atoms with E-state index in [-0.39, 0.29) is 11.3 Å². The molecule has 1 aliphatic rings. The van der Waals surface area contributed by atoms with Crippen molar-refractivity contribution in [1.29, 1.82) is 0 Å². The number of hydrogen-bond donors (Lipinski definition) is 2.